The van der Waals surface area contributed by atoms with Gasteiger partial charge in [0.2, 0.25) is 0 Å². The van der Waals surface area contributed by atoms with Gasteiger partial charge in [0.15, 0.2) is 0 Å². The largest absolute Gasteiger partial charge is 0.346 e. The Morgan fingerprint density at radius 3 is 2.82 bits per heavy atom. The van der Waals surface area contributed by atoms with Crippen molar-refractivity contribution >= 4 is 0 Å². The van der Waals surface area contributed by atoms with E-state index in [0.717, 1.165) is 42.4 Å². The maximum Gasteiger partial charge on any atom is 0.106 e. The SMILES string of the molecule is CCc1nc(CNCc2ccccc2-n2ccnc2)c(C)[nH]1. The number of aromatic nitrogens is 4. The summed E-state index contributed by atoms with van der Waals surface area (Å²) in [6.45, 7) is 5.74. The Balaban J connectivity index is 1.68. The normalized spacial score (nSPS) is 11.0. The first-order valence-corrected chi connectivity index (χ1v) is 7.59. The average Bonchev–Trinajstić information content (AvgIpc) is 3.18. The fourth-order valence-corrected chi connectivity index (χ4v) is 2.53. The maximum atomic E-state index is 4.60. The number of benzene rings is 1. The molecule has 2 N–H and O–H groups in total. The van der Waals surface area contributed by atoms with Crippen molar-refractivity contribution < 1.29 is 0 Å². The third-order valence-corrected chi connectivity index (χ3v) is 3.75. The summed E-state index contributed by atoms with van der Waals surface area (Å²) in [4.78, 5) is 12.0. The second-order valence-corrected chi connectivity index (χ2v) is 5.31. The highest BCUT2D eigenvalue weighted by Gasteiger charge is 2.07. The van der Waals surface area contributed by atoms with Crippen LogP contribution in [0, 0.1) is 6.92 Å². The predicted molar refractivity (Wildman–Crippen MR) is 86.8 cm³/mol. The lowest BCUT2D eigenvalue weighted by Crippen LogP contribution is -2.15. The Labute approximate surface area is 130 Å². The molecule has 0 spiro atoms. The van der Waals surface area contributed by atoms with Gasteiger partial charge in [-0.2, -0.15) is 0 Å². The second-order valence-electron chi connectivity index (χ2n) is 5.31. The van der Waals surface area contributed by atoms with Crippen molar-refractivity contribution in [1.82, 2.24) is 24.8 Å². The molecule has 0 saturated heterocycles. The van der Waals surface area contributed by atoms with Crippen LogP contribution in [-0.4, -0.2) is 19.5 Å². The minimum Gasteiger partial charge on any atom is -0.346 e. The summed E-state index contributed by atoms with van der Waals surface area (Å²) in [6, 6.07) is 8.35. The number of nitrogens with one attached hydrogen (secondary N) is 2. The third-order valence-electron chi connectivity index (χ3n) is 3.75. The Morgan fingerprint density at radius 2 is 2.09 bits per heavy atom. The molecule has 0 aliphatic heterocycles. The highest BCUT2D eigenvalue weighted by atomic mass is 15.0. The number of para-hydroxylation sites is 1. The monoisotopic (exact) mass is 295 g/mol. The first-order chi connectivity index (χ1) is 10.8. The van der Waals surface area contributed by atoms with Crippen molar-refractivity contribution in [2.45, 2.75) is 33.4 Å². The van der Waals surface area contributed by atoms with Crippen molar-refractivity contribution in [2.75, 3.05) is 0 Å². The van der Waals surface area contributed by atoms with Crippen LogP contribution in [0.15, 0.2) is 43.0 Å². The molecule has 0 unspecified atom stereocenters. The molecule has 0 fully saturated rings. The van der Waals surface area contributed by atoms with Crippen LogP contribution in [0.3, 0.4) is 0 Å². The molecule has 3 aromatic rings. The molecule has 0 radical (unpaired) electrons. The van der Waals surface area contributed by atoms with Gasteiger partial charge in [-0.25, -0.2) is 9.97 Å². The zero-order valence-electron chi connectivity index (χ0n) is 13.0. The molecule has 2 aromatic heterocycles. The Morgan fingerprint density at radius 1 is 1.23 bits per heavy atom. The Hall–Kier alpha value is -2.40. The van der Waals surface area contributed by atoms with E-state index in [1.54, 1.807) is 6.20 Å². The van der Waals surface area contributed by atoms with E-state index in [4.69, 9.17) is 0 Å². The van der Waals surface area contributed by atoms with Gasteiger partial charge in [-0.15, -0.1) is 0 Å². The lowest BCUT2D eigenvalue weighted by atomic mass is 10.1. The van der Waals surface area contributed by atoms with E-state index in [-0.39, 0.29) is 0 Å². The van der Waals surface area contributed by atoms with Crippen molar-refractivity contribution in [3.63, 3.8) is 0 Å². The highest BCUT2D eigenvalue weighted by Crippen LogP contribution is 2.14. The van der Waals surface area contributed by atoms with Crippen molar-refractivity contribution in [1.29, 1.82) is 0 Å². The summed E-state index contributed by atoms with van der Waals surface area (Å²) >= 11 is 0. The van der Waals surface area contributed by atoms with E-state index < -0.39 is 0 Å². The van der Waals surface area contributed by atoms with Gasteiger partial charge in [-0.1, -0.05) is 25.1 Å². The number of hydrogen-bond acceptors (Lipinski definition) is 3. The van der Waals surface area contributed by atoms with Gasteiger partial charge in [0.25, 0.3) is 0 Å². The zero-order valence-corrected chi connectivity index (χ0v) is 13.0. The number of nitrogens with zero attached hydrogens (tertiary/aromatic N) is 3. The Kier molecular flexibility index (Phi) is 4.34. The quantitative estimate of drug-likeness (QED) is 0.735. The lowest BCUT2D eigenvalue weighted by Gasteiger charge is -2.10. The smallest absolute Gasteiger partial charge is 0.106 e. The molecule has 0 amide bonds. The van der Waals surface area contributed by atoms with Gasteiger partial charge in [0.05, 0.1) is 17.7 Å². The van der Waals surface area contributed by atoms with Gasteiger partial charge < -0.3 is 14.9 Å². The first kappa shape index (κ1) is 14.5. The van der Waals surface area contributed by atoms with Crippen LogP contribution in [0.25, 0.3) is 5.69 Å². The predicted octanol–water partition coefficient (Wildman–Crippen LogP) is 2.76. The minimum absolute atomic E-state index is 0.764. The number of H-pyrrole nitrogens is 1. The van der Waals surface area contributed by atoms with Crippen molar-refractivity contribution in [3.05, 3.63) is 65.8 Å². The van der Waals surface area contributed by atoms with E-state index in [2.05, 4.69) is 52.3 Å². The van der Waals surface area contributed by atoms with E-state index in [1.165, 1.54) is 5.56 Å². The van der Waals surface area contributed by atoms with E-state index in [0.29, 0.717) is 0 Å². The van der Waals surface area contributed by atoms with Gasteiger partial charge in [0.1, 0.15) is 5.82 Å². The van der Waals surface area contributed by atoms with Crippen LogP contribution in [0.1, 0.15) is 29.7 Å². The number of imidazole rings is 2. The Bertz CT molecular complexity index is 727. The summed E-state index contributed by atoms with van der Waals surface area (Å²) in [7, 11) is 0. The van der Waals surface area contributed by atoms with Crippen LogP contribution in [0.4, 0.5) is 0 Å². The lowest BCUT2D eigenvalue weighted by molar-refractivity contribution is 0.675. The van der Waals surface area contributed by atoms with E-state index in [9.17, 15) is 0 Å². The molecule has 2 heterocycles. The van der Waals surface area contributed by atoms with Crippen LogP contribution < -0.4 is 5.32 Å². The van der Waals surface area contributed by atoms with Crippen LogP contribution in [-0.2, 0) is 19.5 Å². The summed E-state index contributed by atoms with van der Waals surface area (Å²) in [5, 5.41) is 3.48. The van der Waals surface area contributed by atoms with Gasteiger partial charge in [-0.05, 0) is 18.6 Å². The van der Waals surface area contributed by atoms with Crippen LogP contribution >= 0.6 is 0 Å². The number of hydrogen-bond donors (Lipinski definition) is 2. The zero-order chi connectivity index (χ0) is 15.4. The minimum atomic E-state index is 0.764. The molecule has 0 saturated carbocycles. The molecule has 22 heavy (non-hydrogen) atoms. The summed E-state index contributed by atoms with van der Waals surface area (Å²) in [5.41, 5.74) is 4.63. The highest BCUT2D eigenvalue weighted by molar-refractivity contribution is 5.40. The fraction of sp³-hybridized carbons (Fsp3) is 0.294. The summed E-state index contributed by atoms with van der Waals surface area (Å²) < 4.78 is 2.03. The van der Waals surface area contributed by atoms with Crippen LogP contribution in [0.2, 0.25) is 0 Å². The summed E-state index contributed by atoms with van der Waals surface area (Å²) in [5.74, 6) is 1.05. The molecule has 1 aromatic carbocycles. The third kappa shape index (κ3) is 3.09. The van der Waals surface area contributed by atoms with Crippen molar-refractivity contribution in [3.8, 4) is 5.69 Å². The van der Waals surface area contributed by atoms with Gasteiger partial charge in [0, 0.05) is 37.6 Å². The molecule has 3 rings (SSSR count). The molecule has 0 aliphatic carbocycles. The molecule has 0 atom stereocenters. The fourth-order valence-electron chi connectivity index (χ4n) is 2.53. The molecule has 5 nitrogen and oxygen atoms in total. The van der Waals surface area contributed by atoms with Crippen LogP contribution in [0.5, 0.6) is 0 Å². The van der Waals surface area contributed by atoms with Gasteiger partial charge >= 0.3 is 0 Å². The molecular weight excluding hydrogens is 274 g/mol. The maximum absolute atomic E-state index is 4.60. The van der Waals surface area contributed by atoms with E-state index in [1.807, 2.05) is 23.2 Å². The molecule has 0 aliphatic rings. The molecular formula is C17H21N5. The summed E-state index contributed by atoms with van der Waals surface area (Å²) in [6.07, 6.45) is 6.52. The number of aryl methyl sites for hydroxylation is 2. The molecule has 5 heteroatoms. The second kappa shape index (κ2) is 6.58. The first-order valence-electron chi connectivity index (χ1n) is 7.59. The average molecular weight is 295 g/mol. The van der Waals surface area contributed by atoms with Gasteiger partial charge in [-0.3, -0.25) is 0 Å². The standard InChI is InChI=1S/C17H21N5/c1-3-17-20-13(2)15(21-17)11-19-10-14-6-4-5-7-16(14)22-9-8-18-12-22/h4-9,12,19H,3,10-11H2,1-2H3,(H,20,21). The molecule has 0 bridgehead atoms. The molecule has 114 valence electrons. The number of rotatable bonds is 6. The number of aromatic amines is 1. The topological polar surface area (TPSA) is 58.5 Å². The van der Waals surface area contributed by atoms with Crippen molar-refractivity contribution in [2.24, 2.45) is 0 Å². The van der Waals surface area contributed by atoms with E-state index >= 15 is 0 Å².